The molecule has 0 radical (unpaired) electrons. The third-order valence-electron chi connectivity index (χ3n) is 3.19. The first-order valence-electron chi connectivity index (χ1n) is 7.67. The maximum Gasteiger partial charge on any atom is 0.104 e. The standard InChI is InChI=1S/C18H26O3/c1-2-3-4-5-6-10-13-17(19)18(20)15-21-14-16-11-8-7-9-12-16/h7-9,11-12,17-20H,2-5,13-15H2,1H3/t17-,18+/m0/s1. The summed E-state index contributed by atoms with van der Waals surface area (Å²) in [7, 11) is 0. The summed E-state index contributed by atoms with van der Waals surface area (Å²) in [6, 6.07) is 9.76. The quantitative estimate of drug-likeness (QED) is 0.543. The topological polar surface area (TPSA) is 49.7 Å². The number of unbranched alkanes of at least 4 members (excludes halogenated alkanes) is 3. The van der Waals surface area contributed by atoms with Gasteiger partial charge in [-0.15, -0.1) is 11.8 Å². The molecule has 3 heteroatoms. The summed E-state index contributed by atoms with van der Waals surface area (Å²) in [4.78, 5) is 0. The Morgan fingerprint density at radius 3 is 2.52 bits per heavy atom. The first-order chi connectivity index (χ1) is 10.2. The van der Waals surface area contributed by atoms with Gasteiger partial charge in [0.2, 0.25) is 0 Å². The van der Waals surface area contributed by atoms with Crippen molar-refractivity contribution in [3.05, 3.63) is 35.9 Å². The highest BCUT2D eigenvalue weighted by Gasteiger charge is 2.15. The Balaban J connectivity index is 2.14. The minimum absolute atomic E-state index is 0.119. The molecule has 0 saturated carbocycles. The minimum atomic E-state index is -0.890. The van der Waals surface area contributed by atoms with Gasteiger partial charge in [0.25, 0.3) is 0 Å². The molecule has 3 nitrogen and oxygen atoms in total. The zero-order valence-corrected chi connectivity index (χ0v) is 12.8. The number of hydrogen-bond acceptors (Lipinski definition) is 3. The highest BCUT2D eigenvalue weighted by molar-refractivity contribution is 5.13. The minimum Gasteiger partial charge on any atom is -0.389 e. The summed E-state index contributed by atoms with van der Waals surface area (Å²) in [6.07, 6.45) is 2.89. The molecule has 2 N–H and O–H groups in total. The molecule has 2 atom stereocenters. The summed E-state index contributed by atoms with van der Waals surface area (Å²) in [6.45, 7) is 2.71. The van der Waals surface area contributed by atoms with E-state index in [-0.39, 0.29) is 6.61 Å². The van der Waals surface area contributed by atoms with E-state index in [1.54, 1.807) is 0 Å². The zero-order valence-electron chi connectivity index (χ0n) is 12.8. The van der Waals surface area contributed by atoms with Crippen molar-refractivity contribution in [1.82, 2.24) is 0 Å². The molecule has 0 amide bonds. The van der Waals surface area contributed by atoms with E-state index in [2.05, 4.69) is 18.8 Å². The summed E-state index contributed by atoms with van der Waals surface area (Å²) in [5.74, 6) is 5.94. The lowest BCUT2D eigenvalue weighted by Gasteiger charge is -2.15. The van der Waals surface area contributed by atoms with Gasteiger partial charge in [-0.25, -0.2) is 0 Å². The number of rotatable bonds is 9. The molecule has 0 aliphatic heterocycles. The average Bonchev–Trinajstić information content (AvgIpc) is 2.51. The van der Waals surface area contributed by atoms with Crippen LogP contribution in [-0.2, 0) is 11.3 Å². The van der Waals surface area contributed by atoms with Gasteiger partial charge in [0.15, 0.2) is 0 Å². The van der Waals surface area contributed by atoms with Crippen molar-refractivity contribution in [3.8, 4) is 11.8 Å². The molecule has 0 unspecified atom stereocenters. The van der Waals surface area contributed by atoms with E-state index < -0.39 is 12.2 Å². The fraction of sp³-hybridized carbons (Fsp3) is 0.556. The van der Waals surface area contributed by atoms with Gasteiger partial charge in [-0.3, -0.25) is 0 Å². The van der Waals surface area contributed by atoms with Crippen molar-refractivity contribution >= 4 is 0 Å². The molecule has 0 heterocycles. The molecule has 1 rings (SSSR count). The number of ether oxygens (including phenoxy) is 1. The summed E-state index contributed by atoms with van der Waals surface area (Å²) in [5, 5.41) is 19.6. The average molecular weight is 290 g/mol. The number of benzene rings is 1. The molecule has 0 saturated heterocycles. The lowest BCUT2D eigenvalue weighted by molar-refractivity contribution is -0.0399. The van der Waals surface area contributed by atoms with E-state index in [0.29, 0.717) is 13.0 Å². The van der Waals surface area contributed by atoms with E-state index in [4.69, 9.17) is 4.74 Å². The normalized spacial score (nSPS) is 13.3. The van der Waals surface area contributed by atoms with Crippen LogP contribution in [0.2, 0.25) is 0 Å². The zero-order chi connectivity index (χ0) is 15.3. The van der Waals surface area contributed by atoms with Crippen LogP contribution in [-0.4, -0.2) is 29.0 Å². The molecular weight excluding hydrogens is 264 g/mol. The maximum absolute atomic E-state index is 9.79. The Bertz CT molecular complexity index is 419. The largest absolute Gasteiger partial charge is 0.389 e. The summed E-state index contributed by atoms with van der Waals surface area (Å²) >= 11 is 0. The second kappa shape index (κ2) is 11.3. The molecule has 1 aromatic carbocycles. The molecule has 0 aliphatic carbocycles. The van der Waals surface area contributed by atoms with Gasteiger partial charge in [-0.1, -0.05) is 50.1 Å². The first kappa shape index (κ1) is 17.7. The third kappa shape index (κ3) is 8.52. The predicted octanol–water partition coefficient (Wildman–Crippen LogP) is 2.90. The van der Waals surface area contributed by atoms with Crippen molar-refractivity contribution in [1.29, 1.82) is 0 Å². The van der Waals surface area contributed by atoms with E-state index in [9.17, 15) is 10.2 Å². The highest BCUT2D eigenvalue weighted by Crippen LogP contribution is 2.04. The molecule has 21 heavy (non-hydrogen) atoms. The maximum atomic E-state index is 9.79. The molecule has 0 aromatic heterocycles. The van der Waals surface area contributed by atoms with Crippen LogP contribution in [0.5, 0.6) is 0 Å². The van der Waals surface area contributed by atoms with Gasteiger partial charge in [0.05, 0.1) is 19.3 Å². The van der Waals surface area contributed by atoms with E-state index in [1.165, 1.54) is 12.8 Å². The Hall–Kier alpha value is -1.34. The van der Waals surface area contributed by atoms with Crippen LogP contribution < -0.4 is 0 Å². The Morgan fingerprint density at radius 1 is 1.05 bits per heavy atom. The monoisotopic (exact) mass is 290 g/mol. The number of hydrogen-bond donors (Lipinski definition) is 2. The van der Waals surface area contributed by atoms with Gasteiger partial charge in [-0.2, -0.15) is 0 Å². The van der Waals surface area contributed by atoms with Crippen LogP contribution in [0, 0.1) is 11.8 Å². The SMILES string of the molecule is CCCCCC#CC[C@H](O)[C@H](O)COCc1ccccc1. The first-order valence-corrected chi connectivity index (χ1v) is 7.67. The van der Waals surface area contributed by atoms with Crippen molar-refractivity contribution in [3.63, 3.8) is 0 Å². The molecule has 1 aromatic rings. The second-order valence-corrected chi connectivity index (χ2v) is 5.15. The van der Waals surface area contributed by atoms with Gasteiger partial charge in [0.1, 0.15) is 6.10 Å². The van der Waals surface area contributed by atoms with Crippen molar-refractivity contribution in [2.45, 2.75) is 57.8 Å². The molecule has 0 fully saturated rings. The van der Waals surface area contributed by atoms with Gasteiger partial charge < -0.3 is 14.9 Å². The molecule has 0 spiro atoms. The van der Waals surface area contributed by atoms with Crippen LogP contribution in [0.1, 0.15) is 44.6 Å². The van der Waals surface area contributed by atoms with Crippen LogP contribution in [0.15, 0.2) is 30.3 Å². The second-order valence-electron chi connectivity index (χ2n) is 5.15. The summed E-state index contributed by atoms with van der Waals surface area (Å²) in [5.41, 5.74) is 1.05. The van der Waals surface area contributed by atoms with Crippen LogP contribution in [0.4, 0.5) is 0 Å². The number of aliphatic hydroxyl groups is 2. The van der Waals surface area contributed by atoms with Gasteiger partial charge in [0, 0.05) is 12.8 Å². The Kier molecular flexibility index (Phi) is 9.56. The van der Waals surface area contributed by atoms with Crippen molar-refractivity contribution in [2.24, 2.45) is 0 Å². The van der Waals surface area contributed by atoms with E-state index in [0.717, 1.165) is 18.4 Å². The van der Waals surface area contributed by atoms with E-state index in [1.807, 2.05) is 30.3 Å². The Labute approximate surface area is 128 Å². The highest BCUT2D eigenvalue weighted by atomic mass is 16.5. The van der Waals surface area contributed by atoms with Crippen LogP contribution >= 0.6 is 0 Å². The fourth-order valence-electron chi connectivity index (χ4n) is 1.85. The van der Waals surface area contributed by atoms with Crippen LogP contribution in [0.3, 0.4) is 0 Å². The molecule has 116 valence electrons. The predicted molar refractivity (Wildman–Crippen MR) is 84.6 cm³/mol. The molecule has 0 bridgehead atoms. The van der Waals surface area contributed by atoms with Gasteiger partial charge >= 0.3 is 0 Å². The number of aliphatic hydroxyl groups excluding tert-OH is 2. The lowest BCUT2D eigenvalue weighted by Crippen LogP contribution is -2.30. The third-order valence-corrected chi connectivity index (χ3v) is 3.19. The smallest absolute Gasteiger partial charge is 0.104 e. The van der Waals surface area contributed by atoms with Crippen molar-refractivity contribution in [2.75, 3.05) is 6.61 Å². The Morgan fingerprint density at radius 2 is 1.81 bits per heavy atom. The lowest BCUT2D eigenvalue weighted by atomic mass is 10.1. The van der Waals surface area contributed by atoms with Crippen LogP contribution in [0.25, 0.3) is 0 Å². The molecule has 0 aliphatic rings. The fourth-order valence-corrected chi connectivity index (χ4v) is 1.85. The summed E-state index contributed by atoms with van der Waals surface area (Å²) < 4.78 is 5.40. The van der Waals surface area contributed by atoms with E-state index >= 15 is 0 Å². The molecular formula is C18H26O3. The van der Waals surface area contributed by atoms with Crippen molar-refractivity contribution < 1.29 is 14.9 Å². The van der Waals surface area contributed by atoms with Gasteiger partial charge in [-0.05, 0) is 12.0 Å².